The molecule has 1 N–H and O–H groups in total. The quantitative estimate of drug-likeness (QED) is 0.0607. The van der Waals surface area contributed by atoms with Crippen molar-refractivity contribution < 1.29 is 64.2 Å². The van der Waals surface area contributed by atoms with Crippen LogP contribution in [0.4, 0.5) is 13.2 Å². The summed E-state index contributed by atoms with van der Waals surface area (Å²) in [5, 5.41) is 8.74. The number of esters is 2. The molecule has 0 saturated heterocycles. The molecule has 0 aliphatic heterocycles. The van der Waals surface area contributed by atoms with Gasteiger partial charge in [0.25, 0.3) is 0 Å². The van der Waals surface area contributed by atoms with E-state index in [0.717, 1.165) is 28.2 Å². The van der Waals surface area contributed by atoms with Crippen LogP contribution in [0.15, 0.2) is 68.8 Å². The lowest BCUT2D eigenvalue weighted by Gasteiger charge is -2.11. The largest absolute Gasteiger partial charge is 0.534 e. The molecule has 294 valence electrons. The molecule has 2 aliphatic carbocycles. The molecule has 0 spiro atoms. The van der Waals surface area contributed by atoms with Gasteiger partial charge in [0.1, 0.15) is 29.0 Å². The first-order valence-corrected chi connectivity index (χ1v) is 19.2. The molecule has 0 radical (unpaired) electrons. The average Bonchev–Trinajstić information content (AvgIpc) is 3.76. The molecule has 1 saturated carbocycles. The van der Waals surface area contributed by atoms with E-state index >= 15 is 0 Å². The molecule has 2 aromatic carbocycles. The Morgan fingerprint density at radius 3 is 1.79 bits per heavy atom. The highest BCUT2D eigenvalue weighted by Gasteiger charge is 2.49. The topological polar surface area (TPSA) is 152 Å². The lowest BCUT2D eigenvalue weighted by atomic mass is 10.1. The summed E-state index contributed by atoms with van der Waals surface area (Å²) < 4.78 is 82.2. The van der Waals surface area contributed by atoms with Crippen molar-refractivity contribution in [1.82, 2.24) is 0 Å². The third kappa shape index (κ3) is 20.2. The van der Waals surface area contributed by atoms with Crippen LogP contribution in [0.25, 0.3) is 0 Å². The Hall–Kier alpha value is -3.15. The number of ether oxygens (including phenoxy) is 4. The van der Waals surface area contributed by atoms with Gasteiger partial charge in [-0.3, -0.25) is 9.59 Å². The molecule has 0 amide bonds. The number of aromatic hydroxyl groups is 1. The SMILES string of the molecule is CCCCCC.COC(=O)C1=C(OS(=O)(=O)C(F)(F)F)CCC1.COC(=O)C1CCCC1=O.COCOc1ccc(Br)cc1.Oc1ccc(Br)cc1. The van der Waals surface area contributed by atoms with Gasteiger partial charge in [-0.25, -0.2) is 4.79 Å². The van der Waals surface area contributed by atoms with Crippen LogP contribution in [0.3, 0.4) is 0 Å². The second-order valence-corrected chi connectivity index (χ2v) is 14.2. The number of carbonyl (C=O) groups is 3. The van der Waals surface area contributed by atoms with Gasteiger partial charge in [0.15, 0.2) is 6.79 Å². The molecular formula is C35H47Br2F3O11S. The lowest BCUT2D eigenvalue weighted by Crippen LogP contribution is -2.25. The van der Waals surface area contributed by atoms with Crippen molar-refractivity contribution in [1.29, 1.82) is 0 Å². The molecule has 0 bridgehead atoms. The van der Waals surface area contributed by atoms with E-state index in [4.69, 9.17) is 14.6 Å². The summed E-state index contributed by atoms with van der Waals surface area (Å²) in [5.41, 5.74) is -5.68. The van der Waals surface area contributed by atoms with Gasteiger partial charge in [-0.1, -0.05) is 71.4 Å². The highest BCUT2D eigenvalue weighted by atomic mass is 79.9. The van der Waals surface area contributed by atoms with Crippen molar-refractivity contribution in [2.45, 2.75) is 83.6 Å². The molecule has 2 aliphatic rings. The number of unbranched alkanes of at least 4 members (excludes halogenated alkanes) is 3. The summed E-state index contributed by atoms with van der Waals surface area (Å²) in [5.74, 6) is -1.05. The minimum absolute atomic E-state index is 0.0341. The molecule has 4 rings (SSSR count). The minimum atomic E-state index is -5.72. The third-order valence-corrected chi connectivity index (χ3v) is 8.87. The minimum Gasteiger partial charge on any atom is -0.508 e. The van der Waals surface area contributed by atoms with E-state index in [1.165, 1.54) is 32.8 Å². The molecule has 52 heavy (non-hydrogen) atoms. The van der Waals surface area contributed by atoms with Crippen molar-refractivity contribution in [2.75, 3.05) is 28.1 Å². The first-order chi connectivity index (χ1) is 24.5. The number of alkyl halides is 3. The average molecular weight is 893 g/mol. The number of rotatable bonds is 10. The number of phenolic OH excluding ortho intramolecular Hbond substituents is 1. The van der Waals surface area contributed by atoms with E-state index in [1.54, 1.807) is 31.4 Å². The van der Waals surface area contributed by atoms with Crippen LogP contribution < -0.4 is 4.74 Å². The van der Waals surface area contributed by atoms with Gasteiger partial charge < -0.3 is 28.2 Å². The van der Waals surface area contributed by atoms with E-state index in [1.807, 2.05) is 24.3 Å². The first kappa shape index (κ1) is 48.9. The highest BCUT2D eigenvalue weighted by molar-refractivity contribution is 9.10. The maximum atomic E-state index is 12.0. The number of Topliss-reactive ketones (excluding diaryl/α,β-unsaturated/α-hetero) is 1. The zero-order chi connectivity index (χ0) is 39.7. The Bertz CT molecular complexity index is 1460. The Labute approximate surface area is 320 Å². The molecule has 0 aromatic heterocycles. The number of hydrogen-bond donors (Lipinski definition) is 1. The normalized spacial score (nSPS) is 14.9. The number of ketones is 1. The number of halogens is 5. The zero-order valence-electron chi connectivity index (χ0n) is 29.8. The van der Waals surface area contributed by atoms with E-state index in [0.29, 0.717) is 31.8 Å². The van der Waals surface area contributed by atoms with Crippen LogP contribution in [-0.2, 0) is 42.9 Å². The second kappa shape index (κ2) is 26.6. The van der Waals surface area contributed by atoms with Crippen LogP contribution in [0.5, 0.6) is 11.5 Å². The fourth-order valence-corrected chi connectivity index (χ4v) is 5.20. The van der Waals surface area contributed by atoms with Gasteiger partial charge in [-0.05, 0) is 74.2 Å². The number of hydrogen-bond acceptors (Lipinski definition) is 11. The molecule has 1 atom stereocenters. The van der Waals surface area contributed by atoms with Gasteiger partial charge >= 0.3 is 27.6 Å². The molecule has 0 heterocycles. The fourth-order valence-electron chi connectivity index (χ4n) is 4.13. The predicted octanol–water partition coefficient (Wildman–Crippen LogP) is 9.17. The number of benzene rings is 2. The zero-order valence-corrected chi connectivity index (χ0v) is 33.8. The van der Waals surface area contributed by atoms with Crippen molar-refractivity contribution in [3.05, 3.63) is 68.8 Å². The van der Waals surface area contributed by atoms with E-state index in [9.17, 15) is 36.0 Å². The van der Waals surface area contributed by atoms with Crippen LogP contribution in [0, 0.1) is 5.92 Å². The maximum Gasteiger partial charge on any atom is 0.534 e. The lowest BCUT2D eigenvalue weighted by molar-refractivity contribution is -0.148. The smallest absolute Gasteiger partial charge is 0.508 e. The van der Waals surface area contributed by atoms with Gasteiger partial charge in [-0.15, -0.1) is 0 Å². The Morgan fingerprint density at radius 2 is 1.38 bits per heavy atom. The summed E-state index contributed by atoms with van der Waals surface area (Å²) in [6.45, 7) is 4.76. The number of carbonyl (C=O) groups excluding carboxylic acids is 3. The second-order valence-electron chi connectivity index (χ2n) is 10.9. The molecule has 1 fully saturated rings. The van der Waals surface area contributed by atoms with E-state index in [2.05, 4.69) is 59.4 Å². The van der Waals surface area contributed by atoms with Crippen LogP contribution >= 0.6 is 31.9 Å². The van der Waals surface area contributed by atoms with Gasteiger partial charge in [0, 0.05) is 28.9 Å². The first-order valence-electron chi connectivity index (χ1n) is 16.2. The Morgan fingerprint density at radius 1 is 0.846 bits per heavy atom. The standard InChI is InChI=1S/C8H9BrO2.C8H9F3O5S.C7H10O3.C6H5BrO.C6H14/c1-10-6-11-8-4-2-7(9)3-5-8;1-15-7(12)5-3-2-4-6(5)16-17(13,14)8(9,10)11;1-10-7(9)5-3-2-4-6(5)8;7-5-1-3-6(8)4-2-5;1-3-5-6-4-2/h2-5H,6H2,1H3;2-4H2,1H3;5H,2-4H2,1H3;1-4,8H;3-6H2,1-2H3. The third-order valence-electron chi connectivity index (χ3n) is 6.82. The number of allylic oxidation sites excluding steroid dienone is 1. The monoisotopic (exact) mass is 890 g/mol. The van der Waals surface area contributed by atoms with Crippen LogP contribution in [-0.4, -0.2) is 64.9 Å². The predicted molar refractivity (Wildman–Crippen MR) is 196 cm³/mol. The van der Waals surface area contributed by atoms with Crippen molar-refractivity contribution in [2.24, 2.45) is 5.92 Å². The highest BCUT2D eigenvalue weighted by Crippen LogP contribution is 2.33. The number of methoxy groups -OCH3 is 3. The van der Waals surface area contributed by atoms with Crippen molar-refractivity contribution in [3.63, 3.8) is 0 Å². The van der Waals surface area contributed by atoms with Gasteiger partial charge in [-0.2, -0.15) is 21.6 Å². The molecule has 2 aromatic rings. The fraction of sp³-hybridized carbons (Fsp3) is 0.514. The summed E-state index contributed by atoms with van der Waals surface area (Å²) in [4.78, 5) is 32.8. The van der Waals surface area contributed by atoms with Crippen molar-refractivity contribution in [3.8, 4) is 11.5 Å². The summed E-state index contributed by atoms with van der Waals surface area (Å²) >= 11 is 6.56. The van der Waals surface area contributed by atoms with Crippen LogP contribution in [0.1, 0.15) is 78.1 Å². The summed E-state index contributed by atoms with van der Waals surface area (Å²) in [7, 11) is -1.77. The molecular weight excluding hydrogens is 845 g/mol. The molecule has 11 nitrogen and oxygen atoms in total. The molecule has 17 heteroatoms. The number of phenols is 1. The molecule has 1 unspecified atom stereocenters. The van der Waals surface area contributed by atoms with Gasteiger partial charge in [0.05, 0.1) is 19.8 Å². The van der Waals surface area contributed by atoms with Crippen molar-refractivity contribution >= 4 is 59.7 Å². The van der Waals surface area contributed by atoms with E-state index in [-0.39, 0.29) is 30.2 Å². The van der Waals surface area contributed by atoms with Gasteiger partial charge in [0.2, 0.25) is 0 Å². The summed E-state index contributed by atoms with van der Waals surface area (Å²) in [6.07, 6.45) is 8.01. The van der Waals surface area contributed by atoms with Crippen LogP contribution in [0.2, 0.25) is 0 Å². The van der Waals surface area contributed by atoms with E-state index < -0.39 is 33.3 Å². The Balaban J connectivity index is 0.000000654. The maximum absolute atomic E-state index is 12.0. The Kier molecular flexibility index (Phi) is 25.0. The summed E-state index contributed by atoms with van der Waals surface area (Å²) in [6, 6.07) is 14.4.